The molecule has 0 heterocycles. The lowest BCUT2D eigenvalue weighted by atomic mass is 10.1. The largest absolute Gasteiger partial charge is 0.489 e. The van der Waals surface area contributed by atoms with Crippen molar-refractivity contribution in [3.05, 3.63) is 95.6 Å². The van der Waals surface area contributed by atoms with Gasteiger partial charge in [0, 0.05) is 13.0 Å². The molecule has 0 spiro atoms. The predicted octanol–water partition coefficient (Wildman–Crippen LogP) is 6.55. The van der Waals surface area contributed by atoms with Crippen LogP contribution < -0.4 is 9.47 Å². The van der Waals surface area contributed by atoms with Crippen molar-refractivity contribution in [1.82, 2.24) is 4.90 Å². The lowest BCUT2D eigenvalue weighted by Crippen LogP contribution is -2.27. The van der Waals surface area contributed by atoms with Crippen LogP contribution in [0.1, 0.15) is 43.4 Å². The number of hydrogen-bond donors (Lipinski definition) is 0. The van der Waals surface area contributed by atoms with E-state index >= 15 is 0 Å². The van der Waals surface area contributed by atoms with Crippen molar-refractivity contribution in [2.75, 3.05) is 26.2 Å². The summed E-state index contributed by atoms with van der Waals surface area (Å²) >= 11 is 0. The van der Waals surface area contributed by atoms with Gasteiger partial charge in [0.05, 0.1) is 6.61 Å². The molecule has 0 radical (unpaired) electrons. The van der Waals surface area contributed by atoms with Gasteiger partial charge in [-0.2, -0.15) is 0 Å². The molecule has 0 aliphatic rings. The summed E-state index contributed by atoms with van der Waals surface area (Å²) in [6.45, 7) is 9.06. The summed E-state index contributed by atoms with van der Waals surface area (Å²) in [5.41, 5.74) is 3.73. The zero-order chi connectivity index (χ0) is 22.4. The summed E-state index contributed by atoms with van der Waals surface area (Å²) in [4.78, 5) is 2.55. The molecule has 0 saturated heterocycles. The second-order valence-electron chi connectivity index (χ2n) is 8.23. The minimum absolute atomic E-state index is 0.539. The Morgan fingerprint density at radius 1 is 0.594 bits per heavy atom. The van der Waals surface area contributed by atoms with Gasteiger partial charge < -0.3 is 14.4 Å². The number of nitrogens with zero attached hydrogens (tertiary/aromatic N) is 1. The maximum absolute atomic E-state index is 6.23. The summed E-state index contributed by atoms with van der Waals surface area (Å²) in [5, 5.41) is 0. The van der Waals surface area contributed by atoms with E-state index in [9.17, 15) is 0 Å². The van der Waals surface area contributed by atoms with E-state index in [2.05, 4.69) is 73.3 Å². The van der Waals surface area contributed by atoms with Crippen LogP contribution in [0.2, 0.25) is 0 Å². The zero-order valence-corrected chi connectivity index (χ0v) is 19.6. The maximum atomic E-state index is 6.23. The van der Waals surface area contributed by atoms with Crippen LogP contribution in [0.3, 0.4) is 0 Å². The van der Waals surface area contributed by atoms with Crippen LogP contribution in [0.5, 0.6) is 11.5 Å². The quantitative estimate of drug-likeness (QED) is 0.289. The molecular weight excluding hydrogens is 394 g/mol. The first-order chi connectivity index (χ1) is 15.8. The molecule has 3 aromatic rings. The number of hydrogen-bond acceptors (Lipinski definition) is 3. The average molecular weight is 432 g/mol. The monoisotopic (exact) mass is 431 g/mol. The Bertz CT molecular complexity index is 890. The van der Waals surface area contributed by atoms with Gasteiger partial charge in [-0.05, 0) is 61.2 Å². The van der Waals surface area contributed by atoms with Crippen molar-refractivity contribution in [3.8, 4) is 11.5 Å². The summed E-state index contributed by atoms with van der Waals surface area (Å²) in [7, 11) is 0. The lowest BCUT2D eigenvalue weighted by molar-refractivity contribution is 0.262. The minimum Gasteiger partial charge on any atom is -0.489 e. The lowest BCUT2D eigenvalue weighted by Gasteiger charge is -2.21. The topological polar surface area (TPSA) is 21.7 Å². The molecule has 0 amide bonds. The molecule has 0 atom stereocenters. The molecule has 0 aliphatic carbocycles. The zero-order valence-electron chi connectivity index (χ0n) is 19.6. The van der Waals surface area contributed by atoms with Crippen LogP contribution in [0.25, 0.3) is 0 Å². The molecule has 0 unspecified atom stereocenters. The Balaban J connectivity index is 1.66. The molecular formula is C29H37NO2. The Labute approximate surface area is 194 Å². The minimum atomic E-state index is 0.539. The van der Waals surface area contributed by atoms with Crippen LogP contribution in [0.4, 0.5) is 0 Å². The van der Waals surface area contributed by atoms with Crippen molar-refractivity contribution in [2.24, 2.45) is 0 Å². The highest BCUT2D eigenvalue weighted by molar-refractivity contribution is 5.43. The first-order valence-electron chi connectivity index (χ1n) is 12.0. The van der Waals surface area contributed by atoms with Crippen molar-refractivity contribution < 1.29 is 9.47 Å². The van der Waals surface area contributed by atoms with Crippen molar-refractivity contribution >= 4 is 0 Å². The predicted molar refractivity (Wildman–Crippen MR) is 134 cm³/mol. The molecule has 3 aromatic carbocycles. The fraction of sp³-hybridized carbons (Fsp3) is 0.379. The van der Waals surface area contributed by atoms with Gasteiger partial charge in [0.2, 0.25) is 0 Å². The molecule has 0 saturated carbocycles. The molecule has 0 aromatic heterocycles. The summed E-state index contributed by atoms with van der Waals surface area (Å²) in [6.07, 6.45) is 4.29. The molecule has 0 N–H and O–H groups in total. The number of benzene rings is 3. The van der Waals surface area contributed by atoms with E-state index < -0.39 is 0 Å². The van der Waals surface area contributed by atoms with Crippen molar-refractivity contribution in [1.29, 1.82) is 0 Å². The van der Waals surface area contributed by atoms with Gasteiger partial charge in [-0.25, -0.2) is 0 Å². The highest BCUT2D eigenvalue weighted by Crippen LogP contribution is 2.30. The molecule has 170 valence electrons. The van der Waals surface area contributed by atoms with Crippen LogP contribution in [0.15, 0.2) is 78.9 Å². The van der Waals surface area contributed by atoms with E-state index in [1.807, 2.05) is 24.3 Å². The Morgan fingerprint density at radius 3 is 1.91 bits per heavy atom. The van der Waals surface area contributed by atoms with Gasteiger partial charge in [-0.3, -0.25) is 0 Å². The maximum Gasteiger partial charge on any atom is 0.161 e. The van der Waals surface area contributed by atoms with Crippen LogP contribution in [-0.4, -0.2) is 31.1 Å². The first-order valence-corrected chi connectivity index (χ1v) is 12.0. The van der Waals surface area contributed by atoms with Crippen LogP contribution in [-0.2, 0) is 19.4 Å². The van der Waals surface area contributed by atoms with E-state index in [4.69, 9.17) is 9.47 Å². The normalized spacial score (nSPS) is 11.0. The second kappa shape index (κ2) is 13.6. The number of rotatable bonds is 14. The van der Waals surface area contributed by atoms with Crippen LogP contribution in [0, 0.1) is 0 Å². The van der Waals surface area contributed by atoms with Gasteiger partial charge in [-0.15, -0.1) is 0 Å². The van der Waals surface area contributed by atoms with E-state index in [0.29, 0.717) is 13.2 Å². The SMILES string of the molecule is CCCN(CCC)CCc1ccc(OCCc2ccccc2)c(OCc2ccccc2)c1. The molecule has 0 bridgehead atoms. The van der Waals surface area contributed by atoms with Gasteiger partial charge >= 0.3 is 0 Å². The Kier molecular flexibility index (Phi) is 10.1. The van der Waals surface area contributed by atoms with E-state index in [1.165, 1.54) is 24.0 Å². The van der Waals surface area contributed by atoms with Gasteiger partial charge in [0.15, 0.2) is 11.5 Å². The van der Waals surface area contributed by atoms with E-state index in [-0.39, 0.29) is 0 Å². The third-order valence-electron chi connectivity index (χ3n) is 5.53. The molecule has 0 aliphatic heterocycles. The second-order valence-corrected chi connectivity index (χ2v) is 8.23. The molecule has 0 fully saturated rings. The highest BCUT2D eigenvalue weighted by Gasteiger charge is 2.10. The van der Waals surface area contributed by atoms with Gasteiger partial charge in [0.25, 0.3) is 0 Å². The van der Waals surface area contributed by atoms with Crippen molar-refractivity contribution in [2.45, 2.75) is 46.1 Å². The van der Waals surface area contributed by atoms with E-state index in [0.717, 1.165) is 49.5 Å². The molecule has 32 heavy (non-hydrogen) atoms. The van der Waals surface area contributed by atoms with Gasteiger partial charge in [-0.1, -0.05) is 80.6 Å². The Hall–Kier alpha value is -2.78. The van der Waals surface area contributed by atoms with Gasteiger partial charge in [0.1, 0.15) is 6.61 Å². The molecule has 3 rings (SSSR count). The third-order valence-corrected chi connectivity index (χ3v) is 5.53. The highest BCUT2D eigenvalue weighted by atomic mass is 16.5. The third kappa shape index (κ3) is 8.05. The average Bonchev–Trinajstić information content (AvgIpc) is 2.84. The molecule has 3 nitrogen and oxygen atoms in total. The first kappa shape index (κ1) is 23.9. The fourth-order valence-corrected chi connectivity index (χ4v) is 3.85. The fourth-order valence-electron chi connectivity index (χ4n) is 3.85. The summed E-state index contributed by atoms with van der Waals surface area (Å²) in [6, 6.07) is 27.2. The Morgan fingerprint density at radius 2 is 1.25 bits per heavy atom. The van der Waals surface area contributed by atoms with Crippen LogP contribution >= 0.6 is 0 Å². The molecule has 3 heteroatoms. The van der Waals surface area contributed by atoms with Crippen molar-refractivity contribution in [3.63, 3.8) is 0 Å². The standard InChI is InChI=1S/C29H37NO2/c1-3-19-30(20-4-2)21-17-26-15-16-28(31-22-18-25-11-7-5-8-12-25)29(23-26)32-24-27-13-9-6-10-14-27/h5-16,23H,3-4,17-22,24H2,1-2H3. The number of ether oxygens (including phenoxy) is 2. The smallest absolute Gasteiger partial charge is 0.161 e. The summed E-state index contributed by atoms with van der Waals surface area (Å²) in [5.74, 6) is 1.65. The van der Waals surface area contributed by atoms with E-state index in [1.54, 1.807) is 0 Å². The summed E-state index contributed by atoms with van der Waals surface area (Å²) < 4.78 is 12.4.